The minimum absolute atomic E-state index is 0.220. The minimum atomic E-state index is -0.220. The van der Waals surface area contributed by atoms with Crippen molar-refractivity contribution in [3.8, 4) is 5.75 Å². The third-order valence-electron chi connectivity index (χ3n) is 2.35. The van der Waals surface area contributed by atoms with Gasteiger partial charge in [-0.15, -0.1) is 0 Å². The Morgan fingerprint density at radius 1 is 1.50 bits per heavy atom. The molecule has 5 nitrogen and oxygen atoms in total. The number of fused-ring (bicyclic) bond motifs is 1. The summed E-state index contributed by atoms with van der Waals surface area (Å²) in [5.41, 5.74) is 0.853. The lowest BCUT2D eigenvalue weighted by molar-refractivity contribution is 0.252. The zero-order valence-electron chi connectivity index (χ0n) is 10.3. The molecule has 0 bridgehead atoms. The summed E-state index contributed by atoms with van der Waals surface area (Å²) in [5, 5.41) is 6.05. The quantitative estimate of drug-likeness (QED) is 0.893. The number of benzene rings is 1. The van der Waals surface area contributed by atoms with Crippen LogP contribution in [-0.4, -0.2) is 24.7 Å². The molecule has 0 aliphatic carbocycles. The first-order valence-corrected chi connectivity index (χ1v) is 6.54. The lowest BCUT2D eigenvalue weighted by Gasteiger charge is -2.02. The van der Waals surface area contributed by atoms with E-state index in [4.69, 9.17) is 4.74 Å². The average molecular weight is 265 g/mol. The largest absolute Gasteiger partial charge is 0.497 e. The van der Waals surface area contributed by atoms with Crippen LogP contribution in [0.4, 0.5) is 9.93 Å². The van der Waals surface area contributed by atoms with Gasteiger partial charge in [0, 0.05) is 6.54 Å². The van der Waals surface area contributed by atoms with E-state index in [1.54, 1.807) is 7.11 Å². The highest BCUT2D eigenvalue weighted by atomic mass is 32.1. The van der Waals surface area contributed by atoms with Gasteiger partial charge in [-0.05, 0) is 24.6 Å². The van der Waals surface area contributed by atoms with Crippen LogP contribution in [0.5, 0.6) is 5.75 Å². The average Bonchev–Trinajstić information content (AvgIpc) is 2.77. The van der Waals surface area contributed by atoms with Crippen LogP contribution in [0.1, 0.15) is 13.3 Å². The van der Waals surface area contributed by atoms with E-state index >= 15 is 0 Å². The number of rotatable bonds is 4. The van der Waals surface area contributed by atoms with Gasteiger partial charge in [0.25, 0.3) is 0 Å². The number of amides is 2. The van der Waals surface area contributed by atoms with Crippen molar-refractivity contribution < 1.29 is 9.53 Å². The summed E-state index contributed by atoms with van der Waals surface area (Å²) >= 11 is 1.43. The van der Waals surface area contributed by atoms with Crippen molar-refractivity contribution in [3.63, 3.8) is 0 Å². The van der Waals surface area contributed by atoms with E-state index < -0.39 is 0 Å². The molecule has 2 rings (SSSR count). The molecule has 0 aliphatic rings. The van der Waals surface area contributed by atoms with E-state index in [2.05, 4.69) is 15.6 Å². The maximum absolute atomic E-state index is 11.5. The van der Waals surface area contributed by atoms with E-state index in [1.165, 1.54) is 11.3 Å². The van der Waals surface area contributed by atoms with Gasteiger partial charge in [0.2, 0.25) is 0 Å². The number of carbonyl (C=O) groups excluding carboxylic acids is 1. The van der Waals surface area contributed by atoms with Gasteiger partial charge >= 0.3 is 6.03 Å². The number of anilines is 1. The van der Waals surface area contributed by atoms with Crippen LogP contribution < -0.4 is 15.4 Å². The molecule has 96 valence electrons. The van der Waals surface area contributed by atoms with Crippen molar-refractivity contribution in [3.05, 3.63) is 18.2 Å². The molecule has 2 N–H and O–H groups in total. The number of hydrogen-bond acceptors (Lipinski definition) is 4. The van der Waals surface area contributed by atoms with Gasteiger partial charge in [-0.25, -0.2) is 9.78 Å². The molecule has 0 spiro atoms. The molecule has 1 aromatic heterocycles. The second kappa shape index (κ2) is 5.68. The monoisotopic (exact) mass is 265 g/mol. The molecule has 18 heavy (non-hydrogen) atoms. The highest BCUT2D eigenvalue weighted by Gasteiger charge is 2.07. The molecule has 1 heterocycles. The van der Waals surface area contributed by atoms with Crippen LogP contribution in [0.3, 0.4) is 0 Å². The van der Waals surface area contributed by atoms with Crippen molar-refractivity contribution in [1.82, 2.24) is 10.3 Å². The molecule has 0 unspecified atom stereocenters. The van der Waals surface area contributed by atoms with Gasteiger partial charge in [-0.1, -0.05) is 18.3 Å². The normalized spacial score (nSPS) is 10.3. The lowest BCUT2D eigenvalue weighted by atomic mass is 10.3. The molecular weight excluding hydrogens is 250 g/mol. The number of carbonyl (C=O) groups is 1. The first kappa shape index (κ1) is 12.6. The first-order valence-electron chi connectivity index (χ1n) is 5.72. The summed E-state index contributed by atoms with van der Waals surface area (Å²) in [6.45, 7) is 2.66. The Morgan fingerprint density at radius 2 is 2.33 bits per heavy atom. The van der Waals surface area contributed by atoms with Gasteiger partial charge in [-0.2, -0.15) is 0 Å². The summed E-state index contributed by atoms with van der Waals surface area (Å²) < 4.78 is 6.13. The standard InChI is InChI=1S/C12H15N3O2S/c1-3-6-13-11(16)15-12-14-9-5-4-8(17-2)7-10(9)18-12/h4-5,7H,3,6H2,1-2H3,(H2,13,14,15,16). The number of thiazole rings is 1. The van der Waals surface area contributed by atoms with Gasteiger partial charge < -0.3 is 10.1 Å². The predicted octanol–water partition coefficient (Wildman–Crippen LogP) is 2.84. The van der Waals surface area contributed by atoms with E-state index in [-0.39, 0.29) is 6.03 Å². The number of urea groups is 1. The van der Waals surface area contributed by atoms with Crippen LogP contribution in [0.15, 0.2) is 18.2 Å². The Bertz CT molecular complexity index is 553. The van der Waals surface area contributed by atoms with Gasteiger partial charge in [-0.3, -0.25) is 5.32 Å². The fraction of sp³-hybridized carbons (Fsp3) is 0.333. The summed E-state index contributed by atoms with van der Waals surface area (Å²) in [6, 6.07) is 5.41. The Morgan fingerprint density at radius 3 is 3.06 bits per heavy atom. The third kappa shape index (κ3) is 2.89. The van der Waals surface area contributed by atoms with E-state index in [9.17, 15) is 4.79 Å². The maximum Gasteiger partial charge on any atom is 0.321 e. The van der Waals surface area contributed by atoms with Crippen LogP contribution in [0.25, 0.3) is 10.2 Å². The van der Waals surface area contributed by atoms with E-state index in [1.807, 2.05) is 25.1 Å². The lowest BCUT2D eigenvalue weighted by Crippen LogP contribution is -2.29. The van der Waals surface area contributed by atoms with Gasteiger partial charge in [0.05, 0.1) is 17.3 Å². The highest BCUT2D eigenvalue weighted by molar-refractivity contribution is 7.22. The minimum Gasteiger partial charge on any atom is -0.497 e. The molecule has 0 fully saturated rings. The molecule has 0 atom stereocenters. The second-order valence-electron chi connectivity index (χ2n) is 3.73. The number of ether oxygens (including phenoxy) is 1. The first-order chi connectivity index (χ1) is 8.72. The molecular formula is C12H15N3O2S. The Hall–Kier alpha value is -1.82. The van der Waals surface area contributed by atoms with Gasteiger partial charge in [0.1, 0.15) is 5.75 Å². The van der Waals surface area contributed by atoms with Gasteiger partial charge in [0.15, 0.2) is 5.13 Å². The Labute approximate surface area is 109 Å². The molecule has 2 aromatic rings. The van der Waals surface area contributed by atoms with Crippen molar-refractivity contribution in [2.45, 2.75) is 13.3 Å². The van der Waals surface area contributed by atoms with Crippen molar-refractivity contribution in [2.24, 2.45) is 0 Å². The Kier molecular flexibility index (Phi) is 3.99. The number of nitrogens with zero attached hydrogens (tertiary/aromatic N) is 1. The highest BCUT2D eigenvalue weighted by Crippen LogP contribution is 2.28. The van der Waals surface area contributed by atoms with E-state index in [0.29, 0.717) is 11.7 Å². The zero-order chi connectivity index (χ0) is 13.0. The summed E-state index contributed by atoms with van der Waals surface area (Å²) in [7, 11) is 1.62. The number of nitrogens with one attached hydrogen (secondary N) is 2. The van der Waals surface area contributed by atoms with Crippen molar-refractivity contribution in [1.29, 1.82) is 0 Å². The molecule has 1 aromatic carbocycles. The summed E-state index contributed by atoms with van der Waals surface area (Å²) in [4.78, 5) is 15.8. The number of methoxy groups -OCH3 is 1. The predicted molar refractivity (Wildman–Crippen MR) is 73.5 cm³/mol. The molecule has 0 saturated carbocycles. The van der Waals surface area contributed by atoms with Crippen LogP contribution in [-0.2, 0) is 0 Å². The smallest absolute Gasteiger partial charge is 0.321 e. The fourth-order valence-electron chi connectivity index (χ4n) is 1.47. The maximum atomic E-state index is 11.5. The van der Waals surface area contributed by atoms with Crippen LogP contribution in [0, 0.1) is 0 Å². The Balaban J connectivity index is 2.12. The molecule has 0 saturated heterocycles. The fourth-order valence-corrected chi connectivity index (χ4v) is 2.35. The molecule has 6 heteroatoms. The topological polar surface area (TPSA) is 63.2 Å². The van der Waals surface area contributed by atoms with Crippen LogP contribution >= 0.6 is 11.3 Å². The number of hydrogen-bond donors (Lipinski definition) is 2. The summed E-state index contributed by atoms with van der Waals surface area (Å²) in [5.74, 6) is 0.785. The van der Waals surface area contributed by atoms with Crippen molar-refractivity contribution >= 4 is 32.7 Å². The third-order valence-corrected chi connectivity index (χ3v) is 3.29. The van der Waals surface area contributed by atoms with Crippen LogP contribution in [0.2, 0.25) is 0 Å². The molecule has 2 amide bonds. The molecule has 0 radical (unpaired) electrons. The van der Waals surface area contributed by atoms with Crippen molar-refractivity contribution in [2.75, 3.05) is 19.0 Å². The molecule has 0 aliphatic heterocycles. The summed E-state index contributed by atoms with van der Waals surface area (Å²) in [6.07, 6.45) is 0.907. The second-order valence-corrected chi connectivity index (χ2v) is 4.76. The zero-order valence-corrected chi connectivity index (χ0v) is 11.1. The SMILES string of the molecule is CCCNC(=O)Nc1nc2ccc(OC)cc2s1. The van der Waals surface area contributed by atoms with E-state index in [0.717, 1.165) is 22.4 Å². The number of aromatic nitrogens is 1.